The van der Waals surface area contributed by atoms with E-state index in [-0.39, 0.29) is 0 Å². The van der Waals surface area contributed by atoms with Crippen LogP contribution >= 0.6 is 0 Å². The van der Waals surface area contributed by atoms with Gasteiger partial charge in [-0.3, -0.25) is 0 Å². The zero-order valence-corrected chi connectivity index (χ0v) is 29.1. The van der Waals surface area contributed by atoms with Crippen molar-refractivity contribution in [3.8, 4) is 0 Å². The first-order valence-corrected chi connectivity index (χ1v) is 17.8. The van der Waals surface area contributed by atoms with E-state index in [0.29, 0.717) is 0 Å². The van der Waals surface area contributed by atoms with Crippen LogP contribution in [0.5, 0.6) is 0 Å². The number of para-hydroxylation sites is 6. The largest absolute Gasteiger partial charge is 0.344 e. The van der Waals surface area contributed by atoms with Gasteiger partial charge in [0.05, 0.1) is 22.4 Å². The van der Waals surface area contributed by atoms with E-state index in [2.05, 4.69) is 215 Å². The van der Waals surface area contributed by atoms with Crippen LogP contribution < -0.4 is 9.80 Å². The Balaban J connectivity index is 1.50. The molecule has 0 aliphatic heterocycles. The van der Waals surface area contributed by atoms with Crippen LogP contribution in [0.4, 0.5) is 34.1 Å². The van der Waals surface area contributed by atoms with Crippen LogP contribution in [-0.2, 0) is 14.1 Å². The summed E-state index contributed by atoms with van der Waals surface area (Å²) in [4.78, 5) is 4.93. The molecule has 0 fully saturated rings. The highest BCUT2D eigenvalue weighted by Crippen LogP contribution is 2.53. The third-order valence-electron chi connectivity index (χ3n) is 10.6. The maximum absolute atomic E-state index is 2.46. The number of aromatic nitrogens is 2. The Labute approximate surface area is 302 Å². The second-order valence-corrected chi connectivity index (χ2v) is 13.5. The first kappa shape index (κ1) is 30.1. The molecule has 0 bridgehead atoms. The van der Waals surface area contributed by atoms with Gasteiger partial charge in [-0.05, 0) is 72.8 Å². The van der Waals surface area contributed by atoms with E-state index in [1.165, 1.54) is 54.4 Å². The maximum atomic E-state index is 2.46. The molecular formula is C48H36N4. The fourth-order valence-electron chi connectivity index (χ4n) is 8.34. The van der Waals surface area contributed by atoms with Crippen LogP contribution in [-0.4, -0.2) is 9.13 Å². The predicted molar refractivity (Wildman–Crippen MR) is 221 cm³/mol. The van der Waals surface area contributed by atoms with E-state index in [0.717, 1.165) is 34.1 Å². The van der Waals surface area contributed by atoms with Crippen LogP contribution in [0.3, 0.4) is 0 Å². The number of fused-ring (bicyclic) bond motifs is 7. The zero-order valence-electron chi connectivity index (χ0n) is 29.1. The fourth-order valence-corrected chi connectivity index (χ4v) is 8.34. The van der Waals surface area contributed by atoms with Crippen LogP contribution in [0.1, 0.15) is 0 Å². The highest BCUT2D eigenvalue weighted by Gasteiger charge is 2.28. The standard InChI is InChI=1S/C48H36N4/c1-49-41-29-17-15-27-37(41)45-43(49)31-39-40(47(45)51(33-19-7-3-8-20-33)34-21-9-4-10-22-34)32-44-46(38-28-16-18-30-42(38)50(44)2)48(39)52(35-23-11-5-12-24-35)36-25-13-6-14-26-36/h3-32H,1-2H3. The van der Waals surface area contributed by atoms with E-state index in [1.807, 2.05) is 0 Å². The fraction of sp³-hybridized carbons (Fsp3) is 0.0417. The van der Waals surface area contributed by atoms with Crippen LogP contribution in [0.2, 0.25) is 0 Å². The number of hydrogen-bond donors (Lipinski definition) is 0. The summed E-state index contributed by atoms with van der Waals surface area (Å²) in [5.74, 6) is 0. The Morgan fingerprint density at radius 3 is 0.923 bits per heavy atom. The van der Waals surface area contributed by atoms with Gasteiger partial charge in [-0.1, -0.05) is 109 Å². The number of rotatable bonds is 6. The lowest BCUT2D eigenvalue weighted by molar-refractivity contribution is 1.01. The molecule has 0 radical (unpaired) electrons. The van der Waals surface area contributed by atoms with Gasteiger partial charge in [0.2, 0.25) is 0 Å². The van der Waals surface area contributed by atoms with Gasteiger partial charge in [0.1, 0.15) is 0 Å². The Morgan fingerprint density at radius 1 is 0.308 bits per heavy atom. The molecule has 248 valence electrons. The lowest BCUT2D eigenvalue weighted by atomic mass is 9.95. The summed E-state index contributed by atoms with van der Waals surface area (Å²) < 4.78 is 4.74. The van der Waals surface area contributed by atoms with Crippen molar-refractivity contribution in [1.29, 1.82) is 0 Å². The van der Waals surface area contributed by atoms with E-state index in [9.17, 15) is 0 Å². The molecule has 4 nitrogen and oxygen atoms in total. The van der Waals surface area contributed by atoms with Crippen LogP contribution in [0.15, 0.2) is 182 Å². The molecular weight excluding hydrogens is 633 g/mol. The molecule has 0 atom stereocenters. The summed E-state index contributed by atoms with van der Waals surface area (Å²) in [6.45, 7) is 0. The lowest BCUT2D eigenvalue weighted by Crippen LogP contribution is -2.13. The van der Waals surface area contributed by atoms with Crippen molar-refractivity contribution in [3.05, 3.63) is 182 Å². The molecule has 0 aliphatic rings. The third kappa shape index (κ3) is 4.47. The van der Waals surface area contributed by atoms with Gasteiger partial charge < -0.3 is 18.9 Å². The van der Waals surface area contributed by atoms with E-state index < -0.39 is 0 Å². The quantitative estimate of drug-likeness (QED) is 0.175. The van der Waals surface area contributed by atoms with E-state index in [1.54, 1.807) is 0 Å². The number of benzene rings is 8. The van der Waals surface area contributed by atoms with Crippen LogP contribution in [0, 0.1) is 0 Å². The first-order valence-electron chi connectivity index (χ1n) is 17.8. The second kappa shape index (κ2) is 11.9. The molecule has 0 saturated carbocycles. The summed E-state index contributed by atoms with van der Waals surface area (Å²) in [7, 11) is 4.41. The Bertz CT molecular complexity index is 2630. The molecule has 0 N–H and O–H groups in total. The number of aryl methyl sites for hydroxylation is 2. The zero-order chi connectivity index (χ0) is 34.8. The summed E-state index contributed by atoms with van der Waals surface area (Å²) in [6, 6.07) is 65.8. The predicted octanol–water partition coefficient (Wildman–Crippen LogP) is 13.1. The number of nitrogens with zero attached hydrogens (tertiary/aromatic N) is 4. The highest BCUT2D eigenvalue weighted by atomic mass is 15.2. The summed E-state index contributed by atoms with van der Waals surface area (Å²) in [6.07, 6.45) is 0. The summed E-state index contributed by atoms with van der Waals surface area (Å²) in [5.41, 5.74) is 11.5. The van der Waals surface area contributed by atoms with Crippen molar-refractivity contribution in [2.45, 2.75) is 0 Å². The SMILES string of the molecule is Cn1c2ccccc2c2c(N(c3ccccc3)c3ccccc3)c3cc4c(c(N(c5ccccc5)c5ccccc5)c3cc21)c1ccccc1n4C. The van der Waals surface area contributed by atoms with Gasteiger partial charge in [-0.15, -0.1) is 0 Å². The summed E-state index contributed by atoms with van der Waals surface area (Å²) in [5, 5.41) is 7.29. The van der Waals surface area contributed by atoms with Crippen LogP contribution in [0.25, 0.3) is 54.4 Å². The monoisotopic (exact) mass is 668 g/mol. The Hall–Kier alpha value is -6.78. The molecule has 2 aromatic heterocycles. The highest BCUT2D eigenvalue weighted by molar-refractivity contribution is 6.31. The molecule has 0 amide bonds. The normalized spacial score (nSPS) is 11.7. The third-order valence-corrected chi connectivity index (χ3v) is 10.6. The number of anilines is 6. The molecule has 8 aromatic carbocycles. The van der Waals surface area contributed by atoms with E-state index >= 15 is 0 Å². The molecule has 4 heteroatoms. The molecule has 0 aliphatic carbocycles. The topological polar surface area (TPSA) is 16.3 Å². The molecule has 10 aromatic rings. The van der Waals surface area contributed by atoms with Gasteiger partial charge in [0.25, 0.3) is 0 Å². The molecule has 2 heterocycles. The van der Waals surface area contributed by atoms with Crippen molar-refractivity contribution in [1.82, 2.24) is 9.13 Å². The maximum Gasteiger partial charge on any atom is 0.0641 e. The summed E-state index contributed by atoms with van der Waals surface area (Å²) >= 11 is 0. The smallest absolute Gasteiger partial charge is 0.0641 e. The average molecular weight is 669 g/mol. The van der Waals surface area contributed by atoms with Gasteiger partial charge in [-0.2, -0.15) is 0 Å². The average Bonchev–Trinajstić information content (AvgIpc) is 3.66. The second-order valence-electron chi connectivity index (χ2n) is 13.5. The molecule has 0 unspecified atom stereocenters. The lowest BCUT2D eigenvalue weighted by Gasteiger charge is -2.31. The van der Waals surface area contributed by atoms with Gasteiger partial charge in [0, 0.05) is 80.2 Å². The minimum Gasteiger partial charge on any atom is -0.344 e. The number of hydrogen-bond acceptors (Lipinski definition) is 2. The minimum absolute atomic E-state index is 1.11. The Kier molecular flexibility index (Phi) is 6.90. The van der Waals surface area contributed by atoms with Crippen molar-refractivity contribution in [3.63, 3.8) is 0 Å². The molecule has 52 heavy (non-hydrogen) atoms. The van der Waals surface area contributed by atoms with Crippen molar-refractivity contribution >= 4 is 88.5 Å². The first-order chi connectivity index (χ1) is 25.7. The molecule has 0 saturated heterocycles. The molecule has 10 rings (SSSR count). The van der Waals surface area contributed by atoms with E-state index in [4.69, 9.17) is 0 Å². The minimum atomic E-state index is 1.11. The van der Waals surface area contributed by atoms with Crippen molar-refractivity contribution in [2.24, 2.45) is 14.1 Å². The van der Waals surface area contributed by atoms with Crippen molar-refractivity contribution < 1.29 is 0 Å². The van der Waals surface area contributed by atoms with Gasteiger partial charge in [0.15, 0.2) is 0 Å². The van der Waals surface area contributed by atoms with Gasteiger partial charge in [-0.25, -0.2) is 0 Å². The van der Waals surface area contributed by atoms with Gasteiger partial charge >= 0.3 is 0 Å². The molecule has 0 spiro atoms. The Morgan fingerprint density at radius 2 is 0.596 bits per heavy atom. The van der Waals surface area contributed by atoms with Crippen molar-refractivity contribution in [2.75, 3.05) is 9.80 Å².